The molecular weight excluding hydrogens is 528 g/mol. The maximum Gasteiger partial charge on any atom is 0.310 e. The molecule has 4 rings (SSSR count). The fraction of sp³-hybridized carbons (Fsp3) is 0.593. The molecule has 196 valence electrons. The van der Waals surface area contributed by atoms with Gasteiger partial charge in [0, 0.05) is 17.1 Å². The molecule has 3 fully saturated rings. The number of benzene rings is 1. The topological polar surface area (TPSA) is 107 Å². The summed E-state index contributed by atoms with van der Waals surface area (Å²) >= 11 is 3.58. The van der Waals surface area contributed by atoms with E-state index in [1.807, 2.05) is 45.9 Å². The number of aliphatic hydroxyl groups excluding tert-OH is 1. The number of aliphatic hydroxyl groups is 1. The molecule has 1 aromatic carbocycles. The number of anilines is 1. The van der Waals surface area contributed by atoms with Gasteiger partial charge in [0.05, 0.1) is 30.6 Å². The Labute approximate surface area is 220 Å². The first kappa shape index (κ1) is 26.8. The van der Waals surface area contributed by atoms with Crippen molar-refractivity contribution in [1.29, 1.82) is 0 Å². The summed E-state index contributed by atoms with van der Waals surface area (Å²) < 4.78 is 6.39. The average molecular weight is 563 g/mol. The molecule has 2 amide bonds. The first-order chi connectivity index (χ1) is 17.0. The average Bonchev–Trinajstić information content (AvgIpc) is 3.42. The summed E-state index contributed by atoms with van der Waals surface area (Å²) in [7, 11) is 0. The molecule has 8 atom stereocenters. The van der Waals surface area contributed by atoms with Crippen LogP contribution in [-0.2, 0) is 19.1 Å². The zero-order chi connectivity index (χ0) is 26.5. The van der Waals surface area contributed by atoms with Gasteiger partial charge in [-0.15, -0.1) is 6.58 Å². The first-order valence-electron chi connectivity index (χ1n) is 12.5. The number of carbonyl (C=O) groups is 3. The molecule has 1 spiro atoms. The second kappa shape index (κ2) is 9.91. The van der Waals surface area contributed by atoms with Crippen LogP contribution in [0.2, 0.25) is 0 Å². The van der Waals surface area contributed by atoms with Gasteiger partial charge in [-0.2, -0.15) is 0 Å². The summed E-state index contributed by atoms with van der Waals surface area (Å²) in [6, 6.07) is 4.05. The molecule has 2 N–H and O–H groups in total. The molecule has 0 aromatic heterocycles. The van der Waals surface area contributed by atoms with Crippen molar-refractivity contribution < 1.29 is 29.3 Å². The number of nitrogens with zero attached hydrogens (tertiary/aromatic N) is 2. The van der Waals surface area contributed by atoms with Gasteiger partial charge in [0.2, 0.25) is 5.91 Å². The van der Waals surface area contributed by atoms with Crippen LogP contribution in [0.5, 0.6) is 0 Å². The summed E-state index contributed by atoms with van der Waals surface area (Å²) in [5.41, 5.74) is 1.23. The number of aryl methyl sites for hydroxylation is 2. The smallest absolute Gasteiger partial charge is 0.310 e. The van der Waals surface area contributed by atoms with E-state index in [1.165, 1.54) is 4.90 Å². The van der Waals surface area contributed by atoms with Crippen LogP contribution in [0.1, 0.15) is 37.8 Å². The van der Waals surface area contributed by atoms with Gasteiger partial charge in [0.15, 0.2) is 0 Å². The van der Waals surface area contributed by atoms with Crippen molar-refractivity contribution >= 4 is 39.4 Å². The number of amides is 2. The zero-order valence-corrected chi connectivity index (χ0v) is 22.8. The number of carboxylic acids is 1. The minimum absolute atomic E-state index is 0.113. The molecule has 1 unspecified atom stereocenters. The number of carboxylic acid groups (broad SMARTS) is 1. The summed E-state index contributed by atoms with van der Waals surface area (Å²) in [6.45, 7) is 11.5. The molecule has 0 aliphatic carbocycles. The van der Waals surface area contributed by atoms with Crippen LogP contribution in [0, 0.1) is 31.6 Å². The Morgan fingerprint density at radius 2 is 2.00 bits per heavy atom. The number of ether oxygens (including phenoxy) is 1. The number of alkyl halides is 1. The molecule has 0 saturated carbocycles. The lowest BCUT2D eigenvalue weighted by molar-refractivity contribution is -0.151. The third-order valence-electron chi connectivity index (χ3n) is 8.38. The summed E-state index contributed by atoms with van der Waals surface area (Å²) in [4.78, 5) is 43.8. The van der Waals surface area contributed by atoms with Crippen LogP contribution >= 0.6 is 15.9 Å². The third-order valence-corrected chi connectivity index (χ3v) is 9.22. The van der Waals surface area contributed by atoms with Crippen LogP contribution in [0.3, 0.4) is 0 Å². The highest BCUT2D eigenvalue weighted by Gasteiger charge is 2.77. The number of para-hydroxylation sites is 1. The van der Waals surface area contributed by atoms with Gasteiger partial charge in [0.25, 0.3) is 5.91 Å². The van der Waals surface area contributed by atoms with E-state index in [1.54, 1.807) is 11.0 Å². The summed E-state index contributed by atoms with van der Waals surface area (Å²) in [5.74, 6) is -4.07. The molecule has 1 aromatic rings. The number of hydrogen-bond acceptors (Lipinski definition) is 5. The lowest BCUT2D eigenvalue weighted by Crippen LogP contribution is -2.60. The predicted octanol–water partition coefficient (Wildman–Crippen LogP) is 3.06. The number of carbonyl (C=O) groups excluding carboxylic acids is 2. The molecule has 8 nitrogen and oxygen atoms in total. The SMILES string of the molecule is C=CCN(C(=O)[C@H]1N([C@@H](CO)[C@@H](C)CC)C(=O)[C@@H]2[C@@H](C(=O)O)[C@@H]3O[C@@]21CC3Br)c1c(C)cccc1C. The molecule has 3 aliphatic heterocycles. The van der Waals surface area contributed by atoms with Crippen LogP contribution in [0.15, 0.2) is 30.9 Å². The minimum Gasteiger partial charge on any atom is -0.481 e. The number of halogens is 1. The highest BCUT2D eigenvalue weighted by molar-refractivity contribution is 9.09. The molecule has 9 heteroatoms. The molecule has 0 radical (unpaired) electrons. The van der Waals surface area contributed by atoms with E-state index in [0.717, 1.165) is 16.8 Å². The van der Waals surface area contributed by atoms with Crippen LogP contribution in [0.25, 0.3) is 0 Å². The van der Waals surface area contributed by atoms with E-state index in [4.69, 9.17) is 4.74 Å². The third kappa shape index (κ3) is 3.82. The van der Waals surface area contributed by atoms with Crippen LogP contribution in [-0.4, -0.2) is 74.7 Å². The fourth-order valence-corrected chi connectivity index (χ4v) is 7.54. The predicted molar refractivity (Wildman–Crippen MR) is 139 cm³/mol. The van der Waals surface area contributed by atoms with E-state index < -0.39 is 47.5 Å². The Bertz CT molecular complexity index is 1060. The van der Waals surface area contributed by atoms with E-state index in [2.05, 4.69) is 22.5 Å². The van der Waals surface area contributed by atoms with Crippen molar-refractivity contribution in [2.24, 2.45) is 17.8 Å². The fourth-order valence-electron chi connectivity index (χ4n) is 6.60. The minimum atomic E-state index is -1.30. The Kier molecular flexibility index (Phi) is 7.38. The van der Waals surface area contributed by atoms with Gasteiger partial charge in [-0.25, -0.2) is 0 Å². The number of rotatable bonds is 9. The maximum absolute atomic E-state index is 14.6. The lowest BCUT2D eigenvalue weighted by atomic mass is 9.70. The summed E-state index contributed by atoms with van der Waals surface area (Å²) in [6.07, 6.45) is 1.93. The first-order valence-corrected chi connectivity index (χ1v) is 13.4. The van der Waals surface area contributed by atoms with Crippen LogP contribution < -0.4 is 4.90 Å². The molecular formula is C27H35BrN2O6. The Hall–Kier alpha value is -2.23. The van der Waals surface area contributed by atoms with Gasteiger partial charge in [-0.05, 0) is 37.3 Å². The number of likely N-dealkylation sites (tertiary alicyclic amines) is 1. The Morgan fingerprint density at radius 1 is 1.36 bits per heavy atom. The highest BCUT2D eigenvalue weighted by atomic mass is 79.9. The number of fused-ring (bicyclic) bond motifs is 1. The maximum atomic E-state index is 14.6. The number of hydrogen-bond donors (Lipinski definition) is 2. The normalized spacial score (nSPS) is 32.3. The second-order valence-electron chi connectivity index (χ2n) is 10.4. The van der Waals surface area contributed by atoms with E-state index >= 15 is 0 Å². The quantitative estimate of drug-likeness (QED) is 0.354. The van der Waals surface area contributed by atoms with Gasteiger partial charge < -0.3 is 24.7 Å². The van der Waals surface area contributed by atoms with Crippen LogP contribution in [0.4, 0.5) is 5.69 Å². The van der Waals surface area contributed by atoms with Gasteiger partial charge in [-0.1, -0.05) is 60.5 Å². The zero-order valence-electron chi connectivity index (χ0n) is 21.2. The lowest BCUT2D eigenvalue weighted by Gasteiger charge is -2.41. The Balaban J connectivity index is 1.91. The van der Waals surface area contributed by atoms with E-state index in [-0.39, 0.29) is 29.8 Å². The van der Waals surface area contributed by atoms with E-state index in [0.29, 0.717) is 12.8 Å². The van der Waals surface area contributed by atoms with Crippen molar-refractivity contribution in [2.45, 2.75) is 69.2 Å². The van der Waals surface area contributed by atoms with E-state index in [9.17, 15) is 24.6 Å². The molecule has 3 aliphatic rings. The number of aliphatic carboxylic acids is 1. The highest BCUT2D eigenvalue weighted by Crippen LogP contribution is 2.60. The Morgan fingerprint density at radius 3 is 2.53 bits per heavy atom. The van der Waals surface area contributed by atoms with Crippen molar-refractivity contribution in [3.8, 4) is 0 Å². The monoisotopic (exact) mass is 562 g/mol. The largest absolute Gasteiger partial charge is 0.481 e. The van der Waals surface area contributed by atoms with Crippen molar-refractivity contribution in [2.75, 3.05) is 18.1 Å². The standard InChI is InChI=1S/C27H35BrN2O6/c1-6-11-29(21-15(4)9-8-10-16(21)5)25(33)23-27-12-17(28)22(36-27)19(26(34)35)20(27)24(32)30(23)18(13-31)14(3)7-2/h6,8-10,14,17-20,22-23,31H,1,7,11-13H2,2-5H3,(H,34,35)/t14-,17?,18-,19+,20-,22+,23+,27-/m0/s1. The van der Waals surface area contributed by atoms with Gasteiger partial charge in [0.1, 0.15) is 11.6 Å². The molecule has 36 heavy (non-hydrogen) atoms. The van der Waals surface area contributed by atoms with Crippen molar-refractivity contribution in [3.05, 3.63) is 42.0 Å². The second-order valence-corrected chi connectivity index (χ2v) is 11.5. The molecule has 3 heterocycles. The molecule has 2 bridgehead atoms. The van der Waals surface area contributed by atoms with Crippen molar-refractivity contribution in [3.63, 3.8) is 0 Å². The van der Waals surface area contributed by atoms with Gasteiger partial charge in [-0.3, -0.25) is 14.4 Å². The van der Waals surface area contributed by atoms with Gasteiger partial charge >= 0.3 is 5.97 Å². The molecule has 3 saturated heterocycles. The summed E-state index contributed by atoms with van der Waals surface area (Å²) in [5, 5.41) is 20.5. The van der Waals surface area contributed by atoms with Crippen molar-refractivity contribution in [1.82, 2.24) is 4.90 Å².